The van der Waals surface area contributed by atoms with E-state index in [-0.39, 0.29) is 46.0 Å². The van der Waals surface area contributed by atoms with Crippen LogP contribution in [0.2, 0.25) is 0 Å². The maximum atomic E-state index is 12.0. The molecule has 6 fully saturated rings. The highest BCUT2D eigenvalue weighted by atomic mass is 16.7. The van der Waals surface area contributed by atoms with E-state index in [9.17, 15) is 55.9 Å². The van der Waals surface area contributed by atoms with E-state index >= 15 is 0 Å². The number of aliphatic carboxylic acids is 1. The summed E-state index contributed by atoms with van der Waals surface area (Å²) >= 11 is 0. The number of hydrogen-bond donors (Lipinski definition) is 10. The van der Waals surface area contributed by atoms with Gasteiger partial charge in [-0.05, 0) is 96.2 Å². The summed E-state index contributed by atoms with van der Waals surface area (Å²) in [7, 11) is 0. The van der Waals surface area contributed by atoms with Gasteiger partial charge >= 0.3 is 5.97 Å². The monoisotopic (exact) mass is 826 g/mol. The van der Waals surface area contributed by atoms with Gasteiger partial charge in [0.2, 0.25) is 0 Å². The average molecular weight is 827 g/mol. The predicted molar refractivity (Wildman–Crippen MR) is 205 cm³/mol. The molecular weight excluding hydrogens is 756 g/mol. The Morgan fingerprint density at radius 2 is 1.38 bits per heavy atom. The van der Waals surface area contributed by atoms with Crippen LogP contribution in [-0.2, 0) is 23.7 Å². The van der Waals surface area contributed by atoms with Crippen molar-refractivity contribution in [2.75, 3.05) is 13.2 Å². The van der Waals surface area contributed by atoms with E-state index in [4.69, 9.17) is 18.9 Å². The molecule has 0 aromatic carbocycles. The van der Waals surface area contributed by atoms with E-state index in [0.29, 0.717) is 19.3 Å². The topological polar surface area (TPSA) is 256 Å². The van der Waals surface area contributed by atoms with Crippen molar-refractivity contribution in [3.63, 3.8) is 0 Å². The zero-order valence-corrected chi connectivity index (χ0v) is 35.1. The van der Waals surface area contributed by atoms with Crippen molar-refractivity contribution in [1.29, 1.82) is 0 Å². The maximum Gasteiger partial charge on any atom is 0.306 e. The number of ether oxygens (including phenoxy) is 4. The van der Waals surface area contributed by atoms with Gasteiger partial charge in [-0.1, -0.05) is 60.1 Å². The van der Waals surface area contributed by atoms with Crippen LogP contribution in [0.1, 0.15) is 106 Å². The number of aliphatic hydroxyl groups excluding tert-OH is 9. The van der Waals surface area contributed by atoms with E-state index in [1.165, 1.54) is 5.57 Å². The lowest BCUT2D eigenvalue weighted by Gasteiger charge is -2.72. The SMILES string of the molecule is CC1(C)C[C@H](O)[C@]2(CO)[C@@H](O)C[C@]3(C)C(=CC[C@@H]4[C@@]5(C)CC[C@H](O[C@@H]6O[C@H](CC(=O)O)[C@@H](O)[C@H](O[C@@H]7O[C@H](CO)[C@@H](O)[C@H](O)[C@H]7O)[C@H]6O)C(C)(C)[C@@H]5CC[C@]43C)[C@@H]2C1. The van der Waals surface area contributed by atoms with E-state index < -0.39 is 110 Å². The molecule has 4 saturated carbocycles. The highest BCUT2D eigenvalue weighted by Gasteiger charge is 2.71. The summed E-state index contributed by atoms with van der Waals surface area (Å²) in [6, 6.07) is 0. The van der Waals surface area contributed by atoms with Crippen molar-refractivity contribution in [3.05, 3.63) is 11.6 Å². The van der Waals surface area contributed by atoms with Crippen LogP contribution in [0.25, 0.3) is 0 Å². The van der Waals surface area contributed by atoms with Crippen LogP contribution in [0.15, 0.2) is 11.6 Å². The summed E-state index contributed by atoms with van der Waals surface area (Å²) in [5.74, 6) is -1.03. The third kappa shape index (κ3) is 6.59. The number of carboxylic acids is 1. The fraction of sp³-hybridized carbons (Fsp3) is 0.930. The van der Waals surface area contributed by atoms with E-state index in [2.05, 4.69) is 54.5 Å². The number of fused-ring (bicyclic) bond motifs is 7. The zero-order valence-electron chi connectivity index (χ0n) is 35.1. The molecule has 20 atom stereocenters. The van der Waals surface area contributed by atoms with Gasteiger partial charge in [-0.2, -0.15) is 0 Å². The second-order valence-electron chi connectivity index (χ2n) is 21.3. The molecule has 15 heteroatoms. The summed E-state index contributed by atoms with van der Waals surface area (Å²) < 4.78 is 24.0. The minimum absolute atomic E-state index is 0.146. The minimum atomic E-state index is -1.83. The van der Waals surface area contributed by atoms with Crippen LogP contribution >= 0.6 is 0 Å². The van der Waals surface area contributed by atoms with Crippen LogP contribution < -0.4 is 0 Å². The highest BCUT2D eigenvalue weighted by molar-refractivity contribution is 5.67. The molecule has 0 bridgehead atoms. The average Bonchev–Trinajstić information content (AvgIpc) is 3.12. The number of allylic oxidation sites excluding steroid dienone is 2. The largest absolute Gasteiger partial charge is 0.481 e. The van der Waals surface area contributed by atoms with Gasteiger partial charge in [-0.3, -0.25) is 4.79 Å². The first-order valence-corrected chi connectivity index (χ1v) is 21.5. The second-order valence-corrected chi connectivity index (χ2v) is 21.3. The van der Waals surface area contributed by atoms with Crippen LogP contribution in [0.3, 0.4) is 0 Å². The zero-order chi connectivity index (χ0) is 42.7. The Bertz CT molecular complexity index is 1570. The van der Waals surface area contributed by atoms with Crippen LogP contribution in [0.5, 0.6) is 0 Å². The number of hydrogen-bond acceptors (Lipinski definition) is 14. The van der Waals surface area contributed by atoms with Crippen molar-refractivity contribution in [1.82, 2.24) is 0 Å². The van der Waals surface area contributed by atoms with Gasteiger partial charge in [0.15, 0.2) is 12.6 Å². The Balaban J connectivity index is 1.14. The first-order chi connectivity index (χ1) is 26.9. The molecular formula is C43H70O15. The molecule has 10 N–H and O–H groups in total. The highest BCUT2D eigenvalue weighted by Crippen LogP contribution is 2.76. The molecule has 2 heterocycles. The van der Waals surface area contributed by atoms with Gasteiger partial charge in [-0.25, -0.2) is 0 Å². The first-order valence-electron chi connectivity index (χ1n) is 21.5. The van der Waals surface area contributed by atoms with E-state index in [1.54, 1.807) is 0 Å². The van der Waals surface area contributed by atoms with Crippen molar-refractivity contribution in [3.8, 4) is 0 Å². The Morgan fingerprint density at radius 1 is 0.741 bits per heavy atom. The van der Waals surface area contributed by atoms with Crippen molar-refractivity contribution in [2.24, 2.45) is 50.2 Å². The molecule has 0 aromatic heterocycles. The summed E-state index contributed by atoms with van der Waals surface area (Å²) in [6.07, 6.45) is -10.9. The summed E-state index contributed by atoms with van der Waals surface area (Å²) in [4.78, 5) is 11.9. The lowest BCUT2D eigenvalue weighted by Crippen LogP contribution is -2.69. The van der Waals surface area contributed by atoms with Crippen molar-refractivity contribution in [2.45, 2.75) is 186 Å². The number of aliphatic hydroxyl groups is 9. The maximum absolute atomic E-state index is 12.0. The molecule has 0 radical (unpaired) electrons. The molecule has 332 valence electrons. The molecule has 58 heavy (non-hydrogen) atoms. The number of rotatable bonds is 8. The van der Waals surface area contributed by atoms with Crippen LogP contribution in [0, 0.1) is 50.2 Å². The smallest absolute Gasteiger partial charge is 0.306 e. The summed E-state index contributed by atoms with van der Waals surface area (Å²) in [5, 5.41) is 108. The first kappa shape index (κ1) is 44.7. The van der Waals surface area contributed by atoms with Gasteiger partial charge in [0, 0.05) is 0 Å². The lowest BCUT2D eigenvalue weighted by atomic mass is 9.33. The van der Waals surface area contributed by atoms with Gasteiger partial charge in [0.25, 0.3) is 0 Å². The molecule has 7 aliphatic rings. The normalized spacial score (nSPS) is 53.6. The molecule has 2 saturated heterocycles. The molecule has 0 unspecified atom stereocenters. The molecule has 0 spiro atoms. The summed E-state index contributed by atoms with van der Waals surface area (Å²) in [6.45, 7) is 14.7. The fourth-order valence-electron chi connectivity index (χ4n) is 14.2. The number of carbonyl (C=O) groups is 1. The third-order valence-corrected chi connectivity index (χ3v) is 17.6. The van der Waals surface area contributed by atoms with Crippen molar-refractivity contribution >= 4 is 5.97 Å². The van der Waals surface area contributed by atoms with Gasteiger partial charge in [-0.15, -0.1) is 0 Å². The molecule has 7 rings (SSSR count). The fourth-order valence-corrected chi connectivity index (χ4v) is 14.2. The summed E-state index contributed by atoms with van der Waals surface area (Å²) in [5.41, 5.74) is -1.08. The number of carboxylic acid groups (broad SMARTS) is 1. The standard InChI is InChI=1S/C43H70O15/c1-38(2)15-21-20-8-9-25-40(5)12-11-28(39(3,4)24(40)10-13-41(25,6)42(20,7)17-27(47)43(21,19-45)26(46)16-38)57-37-34(54)35(31(51)22(55-37)14-29(48)49)58-36-33(53)32(52)30(50)23(18-44)56-36/h8,21-28,30-37,44-47,50-54H,9-19H2,1-7H3,(H,48,49)/t21-,22+,23+,24-,25+,26-,27-,28-,30+,31+,32-,33+,34+,35-,36-,37-,40-,41+,42+,43+/m0/s1. The second kappa shape index (κ2) is 15.2. The minimum Gasteiger partial charge on any atom is -0.481 e. The quantitative estimate of drug-likeness (QED) is 0.122. The van der Waals surface area contributed by atoms with Crippen LogP contribution in [-0.4, -0.2) is 150 Å². The Hall–Kier alpha value is -1.31. The molecule has 0 aromatic rings. The molecule has 15 nitrogen and oxygen atoms in total. The molecule has 0 amide bonds. The molecule has 2 aliphatic heterocycles. The Kier molecular flexibility index (Phi) is 11.7. The lowest BCUT2D eigenvalue weighted by molar-refractivity contribution is -0.368. The molecule has 5 aliphatic carbocycles. The Labute approximate surface area is 341 Å². The van der Waals surface area contributed by atoms with Crippen LogP contribution in [0.4, 0.5) is 0 Å². The predicted octanol–water partition coefficient (Wildman–Crippen LogP) is 1.21. The van der Waals surface area contributed by atoms with Gasteiger partial charge in [0.1, 0.15) is 42.7 Å². The van der Waals surface area contributed by atoms with E-state index in [0.717, 1.165) is 32.1 Å². The van der Waals surface area contributed by atoms with Gasteiger partial charge < -0.3 is 70.0 Å². The van der Waals surface area contributed by atoms with Gasteiger partial charge in [0.05, 0.1) is 49.5 Å². The van der Waals surface area contributed by atoms with Crippen molar-refractivity contribution < 1.29 is 74.8 Å². The van der Waals surface area contributed by atoms with E-state index in [1.807, 2.05) is 0 Å². The third-order valence-electron chi connectivity index (χ3n) is 17.6. The Morgan fingerprint density at radius 3 is 2.02 bits per heavy atom.